The molecule has 0 atom stereocenters. The molecule has 0 fully saturated rings. The van der Waals surface area contributed by atoms with Gasteiger partial charge in [0.1, 0.15) is 10.7 Å². The minimum absolute atomic E-state index is 0.126. The molecule has 0 aromatic carbocycles. The molecule has 3 aromatic heterocycles. The molecule has 3 heterocycles. The van der Waals surface area contributed by atoms with Gasteiger partial charge in [0.2, 0.25) is 5.13 Å². The lowest BCUT2D eigenvalue weighted by atomic mass is 10.2. The molecular weight excluding hydrogens is 282 g/mol. The lowest BCUT2D eigenvalue weighted by Crippen LogP contribution is -2.04. The van der Waals surface area contributed by atoms with E-state index in [0.29, 0.717) is 17.2 Å². The van der Waals surface area contributed by atoms with E-state index >= 15 is 0 Å². The maximum Gasteiger partial charge on any atom is 0.234 e. The molecule has 6 nitrogen and oxygen atoms in total. The van der Waals surface area contributed by atoms with Crippen LogP contribution < -0.4 is 0 Å². The normalized spacial score (nSPS) is 11.1. The first-order valence-corrected chi connectivity index (χ1v) is 7.34. The number of hydrogen-bond acceptors (Lipinski definition) is 7. The van der Waals surface area contributed by atoms with E-state index in [9.17, 15) is 5.11 Å². The molecule has 3 aromatic rings. The number of aromatic nitrogens is 5. The van der Waals surface area contributed by atoms with E-state index in [4.69, 9.17) is 0 Å². The van der Waals surface area contributed by atoms with Crippen LogP contribution >= 0.6 is 22.7 Å². The number of aliphatic hydroxyl groups is 1. The topological polar surface area (TPSA) is 76.7 Å². The van der Waals surface area contributed by atoms with Gasteiger partial charge in [0.05, 0.1) is 12.3 Å². The predicted octanol–water partition coefficient (Wildman–Crippen LogP) is 1.57. The first-order chi connectivity index (χ1) is 9.28. The molecular formula is C11H11N5OS2. The van der Waals surface area contributed by atoms with Crippen LogP contribution in [-0.4, -0.2) is 30.3 Å². The summed E-state index contributed by atoms with van der Waals surface area (Å²) in [4.78, 5) is 1.19. The zero-order chi connectivity index (χ0) is 13.2. The van der Waals surface area contributed by atoms with Gasteiger partial charge in [0.25, 0.3) is 0 Å². The van der Waals surface area contributed by atoms with Crippen LogP contribution in [0.25, 0.3) is 5.13 Å². The molecule has 0 spiro atoms. The van der Waals surface area contributed by atoms with Gasteiger partial charge in [0.15, 0.2) is 0 Å². The SMILES string of the molecule is Cc1nnc(-n2nnc(CO)c2Cc2cccs2)s1. The fourth-order valence-electron chi connectivity index (χ4n) is 1.74. The van der Waals surface area contributed by atoms with Crippen molar-refractivity contribution in [3.8, 4) is 5.13 Å². The maximum atomic E-state index is 9.37. The van der Waals surface area contributed by atoms with Crippen LogP contribution in [0.5, 0.6) is 0 Å². The summed E-state index contributed by atoms with van der Waals surface area (Å²) in [5.41, 5.74) is 1.45. The second kappa shape index (κ2) is 5.16. The lowest BCUT2D eigenvalue weighted by molar-refractivity contribution is 0.275. The van der Waals surface area contributed by atoms with Gasteiger partial charge >= 0.3 is 0 Å². The zero-order valence-corrected chi connectivity index (χ0v) is 11.8. The highest BCUT2D eigenvalue weighted by Crippen LogP contribution is 2.21. The van der Waals surface area contributed by atoms with Gasteiger partial charge in [0, 0.05) is 11.3 Å². The fraction of sp³-hybridized carbons (Fsp3) is 0.273. The van der Waals surface area contributed by atoms with Crippen molar-refractivity contribution >= 4 is 22.7 Å². The Morgan fingerprint density at radius 3 is 2.84 bits per heavy atom. The van der Waals surface area contributed by atoms with E-state index in [1.807, 2.05) is 18.4 Å². The largest absolute Gasteiger partial charge is 0.390 e. The molecule has 19 heavy (non-hydrogen) atoms. The Bertz CT molecular complexity index is 673. The van der Waals surface area contributed by atoms with Crippen molar-refractivity contribution in [3.63, 3.8) is 0 Å². The Labute approximate surface area is 117 Å². The first kappa shape index (κ1) is 12.4. The quantitative estimate of drug-likeness (QED) is 0.790. The predicted molar refractivity (Wildman–Crippen MR) is 72.6 cm³/mol. The highest BCUT2D eigenvalue weighted by Gasteiger charge is 2.17. The summed E-state index contributed by atoms with van der Waals surface area (Å²) in [6, 6.07) is 4.05. The molecule has 0 aliphatic heterocycles. The molecule has 8 heteroatoms. The summed E-state index contributed by atoms with van der Waals surface area (Å²) in [7, 11) is 0. The Morgan fingerprint density at radius 2 is 2.21 bits per heavy atom. The molecule has 0 saturated carbocycles. The van der Waals surface area contributed by atoms with Crippen molar-refractivity contribution in [1.82, 2.24) is 25.2 Å². The Kier molecular flexibility index (Phi) is 3.36. The Hall–Kier alpha value is -1.64. The van der Waals surface area contributed by atoms with E-state index in [1.54, 1.807) is 16.0 Å². The minimum atomic E-state index is -0.126. The zero-order valence-electron chi connectivity index (χ0n) is 10.1. The van der Waals surface area contributed by atoms with Crippen LogP contribution in [0.1, 0.15) is 21.3 Å². The van der Waals surface area contributed by atoms with Crippen molar-refractivity contribution in [3.05, 3.63) is 38.8 Å². The molecule has 0 aliphatic rings. The van der Waals surface area contributed by atoms with Crippen molar-refractivity contribution in [1.29, 1.82) is 0 Å². The summed E-state index contributed by atoms with van der Waals surface area (Å²) in [6.45, 7) is 1.77. The van der Waals surface area contributed by atoms with Crippen LogP contribution in [0.3, 0.4) is 0 Å². The third kappa shape index (κ3) is 2.42. The standard InChI is InChI=1S/C11H11N5OS2/c1-7-12-14-11(19-7)16-10(9(6-17)13-15-16)5-8-3-2-4-18-8/h2-4,17H,5-6H2,1H3. The molecule has 0 radical (unpaired) electrons. The first-order valence-electron chi connectivity index (χ1n) is 5.65. The molecule has 98 valence electrons. The van der Waals surface area contributed by atoms with Crippen LogP contribution in [0, 0.1) is 6.92 Å². The molecule has 0 amide bonds. The Morgan fingerprint density at radius 1 is 1.32 bits per heavy atom. The van der Waals surface area contributed by atoms with Gasteiger partial charge in [-0.2, -0.15) is 4.68 Å². The highest BCUT2D eigenvalue weighted by atomic mass is 32.1. The molecule has 1 N–H and O–H groups in total. The van der Waals surface area contributed by atoms with Crippen molar-refractivity contribution < 1.29 is 5.11 Å². The number of rotatable bonds is 4. The third-order valence-electron chi connectivity index (χ3n) is 2.61. The number of hydrogen-bond donors (Lipinski definition) is 1. The van der Waals surface area contributed by atoms with Crippen molar-refractivity contribution in [2.75, 3.05) is 0 Å². The van der Waals surface area contributed by atoms with E-state index in [1.165, 1.54) is 16.2 Å². The average molecular weight is 293 g/mol. The van der Waals surface area contributed by atoms with Crippen molar-refractivity contribution in [2.24, 2.45) is 0 Å². The van der Waals surface area contributed by atoms with E-state index in [2.05, 4.69) is 26.6 Å². The molecule has 0 unspecified atom stereocenters. The highest BCUT2D eigenvalue weighted by molar-refractivity contribution is 7.13. The summed E-state index contributed by atoms with van der Waals surface area (Å²) < 4.78 is 1.66. The van der Waals surface area contributed by atoms with E-state index in [-0.39, 0.29) is 6.61 Å². The van der Waals surface area contributed by atoms with Crippen LogP contribution in [0.4, 0.5) is 0 Å². The van der Waals surface area contributed by atoms with Crippen LogP contribution in [0.2, 0.25) is 0 Å². The number of nitrogens with zero attached hydrogens (tertiary/aromatic N) is 5. The van der Waals surface area contributed by atoms with Gasteiger partial charge < -0.3 is 5.11 Å². The third-order valence-corrected chi connectivity index (χ3v) is 4.30. The van der Waals surface area contributed by atoms with Gasteiger partial charge in [-0.3, -0.25) is 0 Å². The molecule has 0 aliphatic carbocycles. The van der Waals surface area contributed by atoms with E-state index < -0.39 is 0 Å². The Balaban J connectivity index is 2.03. The van der Waals surface area contributed by atoms with Gasteiger partial charge in [-0.05, 0) is 18.4 Å². The molecule has 0 saturated heterocycles. The van der Waals surface area contributed by atoms with Crippen molar-refractivity contribution in [2.45, 2.75) is 20.0 Å². The smallest absolute Gasteiger partial charge is 0.234 e. The van der Waals surface area contributed by atoms with E-state index in [0.717, 1.165) is 10.7 Å². The summed E-state index contributed by atoms with van der Waals surface area (Å²) in [6.07, 6.45) is 0.680. The molecule has 0 bridgehead atoms. The lowest BCUT2D eigenvalue weighted by Gasteiger charge is -2.02. The van der Waals surface area contributed by atoms with Gasteiger partial charge in [-0.1, -0.05) is 22.6 Å². The van der Waals surface area contributed by atoms with Crippen LogP contribution in [-0.2, 0) is 13.0 Å². The van der Waals surface area contributed by atoms with Crippen LogP contribution in [0.15, 0.2) is 17.5 Å². The monoisotopic (exact) mass is 293 g/mol. The summed E-state index contributed by atoms with van der Waals surface area (Å²) in [5, 5.41) is 29.1. The van der Waals surface area contributed by atoms with Gasteiger partial charge in [-0.25, -0.2) is 0 Å². The maximum absolute atomic E-state index is 9.37. The number of aryl methyl sites for hydroxylation is 1. The summed E-state index contributed by atoms with van der Waals surface area (Å²) in [5.74, 6) is 0. The number of thiophene rings is 1. The second-order valence-electron chi connectivity index (χ2n) is 3.91. The summed E-state index contributed by atoms with van der Waals surface area (Å²) >= 11 is 3.12. The molecule has 3 rings (SSSR count). The van der Waals surface area contributed by atoms with Gasteiger partial charge in [-0.15, -0.1) is 26.6 Å². The fourth-order valence-corrected chi connectivity index (χ4v) is 3.11. The second-order valence-corrected chi connectivity index (χ2v) is 6.10. The average Bonchev–Trinajstić information content (AvgIpc) is 3.10. The minimum Gasteiger partial charge on any atom is -0.390 e. The number of aliphatic hydroxyl groups excluding tert-OH is 1.